The van der Waals surface area contributed by atoms with Gasteiger partial charge in [0.15, 0.2) is 0 Å². The first kappa shape index (κ1) is 15.0. The van der Waals surface area contributed by atoms with E-state index in [0.717, 1.165) is 37.1 Å². The van der Waals surface area contributed by atoms with Crippen LogP contribution in [0.5, 0.6) is 0 Å². The maximum Gasteiger partial charge on any atom is 0.111 e. The Labute approximate surface area is 121 Å². The van der Waals surface area contributed by atoms with Crippen molar-refractivity contribution < 1.29 is 0 Å². The van der Waals surface area contributed by atoms with E-state index in [-0.39, 0.29) is 11.5 Å². The fourth-order valence-electron chi connectivity index (χ4n) is 2.75. The van der Waals surface area contributed by atoms with Crippen molar-refractivity contribution in [1.29, 1.82) is 0 Å². The summed E-state index contributed by atoms with van der Waals surface area (Å²) in [6.45, 7) is 9.85. The highest BCUT2D eigenvalue weighted by Crippen LogP contribution is 2.23. The lowest BCUT2D eigenvalue weighted by atomic mass is 9.87. The van der Waals surface area contributed by atoms with Gasteiger partial charge < -0.3 is 10.3 Å². The van der Waals surface area contributed by atoms with Crippen LogP contribution in [0.25, 0.3) is 11.0 Å². The minimum atomic E-state index is 0.148. The zero-order valence-corrected chi connectivity index (χ0v) is 13.1. The first-order chi connectivity index (χ1) is 9.40. The van der Waals surface area contributed by atoms with Crippen molar-refractivity contribution in [3.8, 4) is 0 Å². The van der Waals surface area contributed by atoms with Gasteiger partial charge in [-0.2, -0.15) is 0 Å². The SMILES string of the molecule is CCCn1c(CC(N)CC(C)(C)C)nc2cnccc21. The van der Waals surface area contributed by atoms with Crippen molar-refractivity contribution >= 4 is 11.0 Å². The number of nitrogens with zero attached hydrogens (tertiary/aromatic N) is 3. The quantitative estimate of drug-likeness (QED) is 0.911. The zero-order chi connectivity index (χ0) is 14.8. The molecule has 0 saturated heterocycles. The summed E-state index contributed by atoms with van der Waals surface area (Å²) in [5.41, 5.74) is 8.70. The van der Waals surface area contributed by atoms with Gasteiger partial charge in [-0.25, -0.2) is 4.98 Å². The third-order valence-corrected chi connectivity index (χ3v) is 3.40. The van der Waals surface area contributed by atoms with Crippen molar-refractivity contribution in [2.45, 2.75) is 59.5 Å². The number of nitrogens with two attached hydrogens (primary N) is 1. The molecule has 2 N–H and O–H groups in total. The van der Waals surface area contributed by atoms with Crippen LogP contribution in [0.3, 0.4) is 0 Å². The molecule has 2 aromatic rings. The summed E-state index contributed by atoms with van der Waals surface area (Å²) in [5, 5.41) is 0. The molecule has 20 heavy (non-hydrogen) atoms. The van der Waals surface area contributed by atoms with Crippen molar-refractivity contribution in [1.82, 2.24) is 14.5 Å². The molecular formula is C16H26N4. The predicted molar refractivity (Wildman–Crippen MR) is 83.6 cm³/mol. The number of rotatable bonds is 5. The van der Waals surface area contributed by atoms with Crippen LogP contribution in [0.2, 0.25) is 0 Å². The van der Waals surface area contributed by atoms with Gasteiger partial charge in [-0.15, -0.1) is 0 Å². The number of pyridine rings is 1. The summed E-state index contributed by atoms with van der Waals surface area (Å²) in [4.78, 5) is 8.88. The molecule has 0 fully saturated rings. The number of aromatic nitrogens is 3. The highest BCUT2D eigenvalue weighted by atomic mass is 15.1. The summed E-state index contributed by atoms with van der Waals surface area (Å²) < 4.78 is 2.29. The molecule has 2 rings (SSSR count). The van der Waals surface area contributed by atoms with E-state index >= 15 is 0 Å². The summed E-state index contributed by atoms with van der Waals surface area (Å²) in [7, 11) is 0. The topological polar surface area (TPSA) is 56.7 Å². The van der Waals surface area contributed by atoms with Gasteiger partial charge in [0.25, 0.3) is 0 Å². The molecule has 0 saturated carbocycles. The fraction of sp³-hybridized carbons (Fsp3) is 0.625. The first-order valence-electron chi connectivity index (χ1n) is 7.45. The normalized spacial score (nSPS) is 13.8. The Morgan fingerprint density at radius 1 is 1.35 bits per heavy atom. The molecule has 2 aromatic heterocycles. The average Bonchev–Trinajstić information content (AvgIpc) is 2.66. The summed E-state index contributed by atoms with van der Waals surface area (Å²) >= 11 is 0. The van der Waals surface area contributed by atoms with Gasteiger partial charge in [-0.05, 0) is 24.3 Å². The number of imidazole rings is 1. The zero-order valence-electron chi connectivity index (χ0n) is 13.1. The maximum atomic E-state index is 6.31. The second-order valence-corrected chi connectivity index (χ2v) is 6.77. The Morgan fingerprint density at radius 2 is 2.10 bits per heavy atom. The van der Waals surface area contributed by atoms with Gasteiger partial charge in [0.05, 0.1) is 11.7 Å². The van der Waals surface area contributed by atoms with Gasteiger partial charge in [0, 0.05) is 25.2 Å². The highest BCUT2D eigenvalue weighted by molar-refractivity contribution is 5.74. The van der Waals surface area contributed by atoms with Crippen LogP contribution in [0.15, 0.2) is 18.5 Å². The van der Waals surface area contributed by atoms with Crippen LogP contribution in [-0.4, -0.2) is 20.6 Å². The largest absolute Gasteiger partial charge is 0.328 e. The smallest absolute Gasteiger partial charge is 0.111 e. The molecule has 0 bridgehead atoms. The van der Waals surface area contributed by atoms with Crippen LogP contribution in [0.1, 0.15) is 46.4 Å². The van der Waals surface area contributed by atoms with Crippen molar-refractivity contribution in [2.75, 3.05) is 0 Å². The lowest BCUT2D eigenvalue weighted by Crippen LogP contribution is -2.29. The minimum absolute atomic E-state index is 0.148. The van der Waals surface area contributed by atoms with E-state index in [1.807, 2.05) is 18.5 Å². The van der Waals surface area contributed by atoms with Crippen LogP contribution in [-0.2, 0) is 13.0 Å². The Kier molecular flexibility index (Phi) is 4.43. The summed E-state index contributed by atoms with van der Waals surface area (Å²) in [6, 6.07) is 2.19. The van der Waals surface area contributed by atoms with Gasteiger partial charge >= 0.3 is 0 Å². The molecule has 1 unspecified atom stereocenters. The molecule has 4 heteroatoms. The number of hydrogen-bond donors (Lipinski definition) is 1. The molecule has 0 aliphatic carbocycles. The second-order valence-electron chi connectivity index (χ2n) is 6.77. The van der Waals surface area contributed by atoms with E-state index in [0.29, 0.717) is 0 Å². The van der Waals surface area contributed by atoms with Gasteiger partial charge in [0.1, 0.15) is 11.3 Å². The summed E-state index contributed by atoms with van der Waals surface area (Å²) in [5.74, 6) is 1.09. The molecular weight excluding hydrogens is 248 g/mol. The Morgan fingerprint density at radius 3 is 2.75 bits per heavy atom. The van der Waals surface area contributed by atoms with Crippen LogP contribution in [0, 0.1) is 5.41 Å². The average molecular weight is 274 g/mol. The minimum Gasteiger partial charge on any atom is -0.328 e. The van der Waals surface area contributed by atoms with E-state index in [9.17, 15) is 0 Å². The predicted octanol–water partition coefficient (Wildman–Crippen LogP) is 3.15. The Balaban J connectivity index is 2.26. The van der Waals surface area contributed by atoms with Crippen LogP contribution >= 0.6 is 0 Å². The molecule has 0 aromatic carbocycles. The first-order valence-corrected chi connectivity index (χ1v) is 7.45. The Hall–Kier alpha value is -1.42. The third-order valence-electron chi connectivity index (χ3n) is 3.40. The number of hydrogen-bond acceptors (Lipinski definition) is 3. The molecule has 0 amide bonds. The highest BCUT2D eigenvalue weighted by Gasteiger charge is 2.19. The molecule has 0 spiro atoms. The number of aryl methyl sites for hydroxylation is 1. The van der Waals surface area contributed by atoms with Gasteiger partial charge in [-0.3, -0.25) is 4.98 Å². The molecule has 0 aliphatic rings. The maximum absolute atomic E-state index is 6.31. The number of fused-ring (bicyclic) bond motifs is 1. The van der Waals surface area contributed by atoms with E-state index < -0.39 is 0 Å². The monoisotopic (exact) mass is 274 g/mol. The third kappa shape index (κ3) is 3.57. The molecule has 110 valence electrons. The van der Waals surface area contributed by atoms with Crippen LogP contribution in [0.4, 0.5) is 0 Å². The van der Waals surface area contributed by atoms with Crippen molar-refractivity contribution in [3.05, 3.63) is 24.3 Å². The van der Waals surface area contributed by atoms with Crippen molar-refractivity contribution in [3.63, 3.8) is 0 Å². The molecule has 1 atom stereocenters. The lowest BCUT2D eigenvalue weighted by Gasteiger charge is -2.23. The van der Waals surface area contributed by atoms with E-state index in [4.69, 9.17) is 10.7 Å². The second kappa shape index (κ2) is 5.92. The lowest BCUT2D eigenvalue weighted by molar-refractivity contribution is 0.335. The molecule has 4 nitrogen and oxygen atoms in total. The molecule has 0 aliphatic heterocycles. The van der Waals surface area contributed by atoms with E-state index in [1.165, 1.54) is 5.52 Å². The summed E-state index contributed by atoms with van der Waals surface area (Å²) in [6.07, 6.45) is 6.58. The van der Waals surface area contributed by atoms with E-state index in [1.54, 1.807) is 0 Å². The van der Waals surface area contributed by atoms with E-state index in [2.05, 4.69) is 37.2 Å². The van der Waals surface area contributed by atoms with Crippen molar-refractivity contribution in [2.24, 2.45) is 11.1 Å². The van der Waals surface area contributed by atoms with Gasteiger partial charge in [-0.1, -0.05) is 27.7 Å². The standard InChI is InChI=1S/C16H26N4/c1-5-8-20-14-6-7-18-11-13(14)19-15(20)9-12(17)10-16(2,3)4/h6-7,11-12H,5,8-10,17H2,1-4H3. The fourth-order valence-corrected chi connectivity index (χ4v) is 2.75. The van der Waals surface area contributed by atoms with Gasteiger partial charge in [0.2, 0.25) is 0 Å². The molecule has 2 heterocycles. The van der Waals surface area contributed by atoms with Crippen LogP contribution < -0.4 is 5.73 Å². The molecule has 0 radical (unpaired) electrons. The Bertz CT molecular complexity index is 565.